The lowest BCUT2D eigenvalue weighted by Crippen LogP contribution is -2.31. The molecule has 5 nitrogen and oxygen atoms in total. The van der Waals surface area contributed by atoms with Crippen LogP contribution in [0.5, 0.6) is 0 Å². The van der Waals surface area contributed by atoms with Gasteiger partial charge in [0.05, 0.1) is 11.0 Å². The van der Waals surface area contributed by atoms with Crippen LogP contribution in [0.4, 0.5) is 14.7 Å². The molecule has 1 fully saturated rings. The zero-order valence-electron chi connectivity index (χ0n) is 10.8. The Morgan fingerprint density at radius 1 is 1.25 bits per heavy atom. The van der Waals surface area contributed by atoms with E-state index in [0.717, 1.165) is 38.1 Å². The third kappa shape index (κ3) is 2.09. The zero-order valence-corrected chi connectivity index (χ0v) is 10.8. The normalized spacial score (nSPS) is 15.2. The molecule has 106 valence electrons. The highest BCUT2D eigenvalue weighted by Gasteiger charge is 2.21. The molecule has 3 rings (SSSR count). The van der Waals surface area contributed by atoms with Crippen LogP contribution in [0.25, 0.3) is 11.0 Å². The summed E-state index contributed by atoms with van der Waals surface area (Å²) < 4.78 is 27.9. The van der Waals surface area contributed by atoms with Crippen LogP contribution >= 0.6 is 0 Å². The molecule has 0 saturated carbocycles. The van der Waals surface area contributed by atoms with Crippen LogP contribution in [-0.2, 0) is 11.3 Å². The van der Waals surface area contributed by atoms with Crippen LogP contribution in [0, 0.1) is 11.6 Å². The first-order valence-corrected chi connectivity index (χ1v) is 6.45. The summed E-state index contributed by atoms with van der Waals surface area (Å²) in [5.41, 5.74) is 6.31. The van der Waals surface area contributed by atoms with Crippen molar-refractivity contribution in [3.63, 3.8) is 0 Å². The molecular weight excluding hydrogens is 266 g/mol. The predicted molar refractivity (Wildman–Crippen MR) is 69.9 cm³/mol. The van der Waals surface area contributed by atoms with Crippen molar-refractivity contribution >= 4 is 22.9 Å². The number of hydrogen-bond acceptors (Lipinski definition) is 3. The van der Waals surface area contributed by atoms with Crippen LogP contribution in [0.2, 0.25) is 0 Å². The van der Waals surface area contributed by atoms with E-state index >= 15 is 0 Å². The van der Waals surface area contributed by atoms with E-state index in [2.05, 4.69) is 4.98 Å². The molecule has 1 amide bonds. The number of fused-ring (bicyclic) bond motifs is 1. The Labute approximate surface area is 114 Å². The number of carbonyl (C=O) groups excluding carboxylic acids is 1. The zero-order chi connectivity index (χ0) is 14.3. The second-order valence-corrected chi connectivity index (χ2v) is 4.90. The van der Waals surface area contributed by atoms with Gasteiger partial charge in [-0.25, -0.2) is 13.8 Å². The van der Waals surface area contributed by atoms with Gasteiger partial charge in [0, 0.05) is 25.2 Å². The molecule has 0 radical (unpaired) electrons. The van der Waals surface area contributed by atoms with E-state index in [9.17, 15) is 13.6 Å². The number of halogens is 2. The Morgan fingerprint density at radius 3 is 2.60 bits per heavy atom. The highest BCUT2D eigenvalue weighted by molar-refractivity contribution is 5.83. The molecule has 0 bridgehead atoms. The summed E-state index contributed by atoms with van der Waals surface area (Å²) >= 11 is 0. The fourth-order valence-corrected chi connectivity index (χ4v) is 2.51. The Morgan fingerprint density at radius 2 is 1.90 bits per heavy atom. The monoisotopic (exact) mass is 280 g/mol. The first-order valence-electron chi connectivity index (χ1n) is 6.45. The van der Waals surface area contributed by atoms with Gasteiger partial charge >= 0.3 is 0 Å². The lowest BCUT2D eigenvalue weighted by atomic mass is 10.3. The maximum absolute atomic E-state index is 13.3. The van der Waals surface area contributed by atoms with Crippen LogP contribution in [-0.4, -0.2) is 33.4 Å². The summed E-state index contributed by atoms with van der Waals surface area (Å²) in [4.78, 5) is 17.8. The van der Waals surface area contributed by atoms with Crippen molar-refractivity contribution in [2.75, 3.05) is 18.8 Å². The van der Waals surface area contributed by atoms with Gasteiger partial charge in [0.25, 0.3) is 0 Å². The van der Waals surface area contributed by atoms with Crippen LogP contribution in [0.1, 0.15) is 12.8 Å². The molecule has 2 aromatic rings. The quantitative estimate of drug-likeness (QED) is 0.907. The Hall–Kier alpha value is -2.18. The van der Waals surface area contributed by atoms with Gasteiger partial charge in [0.2, 0.25) is 11.9 Å². The van der Waals surface area contributed by atoms with E-state index < -0.39 is 11.6 Å². The second kappa shape index (κ2) is 4.73. The minimum atomic E-state index is -0.979. The number of rotatable bonds is 2. The number of amides is 1. The van der Waals surface area contributed by atoms with Crippen LogP contribution in [0.15, 0.2) is 12.1 Å². The topological polar surface area (TPSA) is 64.1 Å². The smallest absolute Gasteiger partial charge is 0.242 e. The van der Waals surface area contributed by atoms with Gasteiger partial charge in [0.1, 0.15) is 6.54 Å². The van der Waals surface area contributed by atoms with Crippen molar-refractivity contribution in [2.45, 2.75) is 19.4 Å². The lowest BCUT2D eigenvalue weighted by molar-refractivity contribution is -0.130. The highest BCUT2D eigenvalue weighted by atomic mass is 19.2. The number of nitrogens with two attached hydrogens (primary N) is 1. The number of imidazole rings is 1. The van der Waals surface area contributed by atoms with Gasteiger partial charge in [-0.15, -0.1) is 0 Å². The van der Waals surface area contributed by atoms with Crippen molar-refractivity contribution in [1.29, 1.82) is 0 Å². The average molecular weight is 280 g/mol. The summed E-state index contributed by atoms with van der Waals surface area (Å²) in [6.07, 6.45) is 1.98. The summed E-state index contributed by atoms with van der Waals surface area (Å²) in [5, 5.41) is 0. The molecule has 0 aliphatic carbocycles. The van der Waals surface area contributed by atoms with Crippen molar-refractivity contribution in [3.05, 3.63) is 23.8 Å². The summed E-state index contributed by atoms with van der Waals surface area (Å²) in [7, 11) is 0. The molecule has 2 N–H and O–H groups in total. The molecule has 1 aromatic carbocycles. The summed E-state index contributed by atoms with van der Waals surface area (Å²) in [5.74, 6) is -1.96. The van der Waals surface area contributed by atoms with Crippen molar-refractivity contribution < 1.29 is 13.6 Å². The number of hydrogen-bond donors (Lipinski definition) is 1. The molecule has 1 aromatic heterocycles. The van der Waals surface area contributed by atoms with Gasteiger partial charge in [-0.3, -0.25) is 4.79 Å². The lowest BCUT2D eigenvalue weighted by Gasteiger charge is -2.16. The molecule has 1 saturated heterocycles. The first-order chi connectivity index (χ1) is 9.56. The van der Waals surface area contributed by atoms with E-state index in [4.69, 9.17) is 5.73 Å². The van der Waals surface area contributed by atoms with Crippen LogP contribution in [0.3, 0.4) is 0 Å². The number of carbonyl (C=O) groups is 1. The van der Waals surface area contributed by atoms with E-state index in [-0.39, 0.29) is 23.9 Å². The van der Waals surface area contributed by atoms with E-state index in [1.165, 1.54) is 4.57 Å². The molecule has 1 aliphatic heterocycles. The molecular formula is C13H14F2N4O. The predicted octanol–water partition coefficient (Wildman–Crippen LogP) is 1.52. The van der Waals surface area contributed by atoms with Gasteiger partial charge < -0.3 is 15.2 Å². The minimum absolute atomic E-state index is 0.00654. The highest BCUT2D eigenvalue weighted by Crippen LogP contribution is 2.21. The number of benzene rings is 1. The Bertz CT molecular complexity index is 677. The van der Waals surface area contributed by atoms with Crippen molar-refractivity contribution in [2.24, 2.45) is 0 Å². The largest absolute Gasteiger partial charge is 0.369 e. The average Bonchev–Trinajstić information content (AvgIpc) is 3.01. The standard InChI is InChI=1S/C13H14F2N4O/c14-8-5-10-11(6-9(8)15)19(13(16)17-10)7-12(20)18-3-1-2-4-18/h5-6H,1-4,7H2,(H2,16,17). The maximum Gasteiger partial charge on any atom is 0.242 e. The molecule has 1 aliphatic rings. The number of nitrogen functional groups attached to an aromatic ring is 1. The third-order valence-electron chi connectivity index (χ3n) is 3.57. The molecule has 20 heavy (non-hydrogen) atoms. The van der Waals surface area contributed by atoms with Gasteiger partial charge in [-0.1, -0.05) is 0 Å². The number of aromatic nitrogens is 2. The fourth-order valence-electron chi connectivity index (χ4n) is 2.51. The van der Waals surface area contributed by atoms with Crippen LogP contribution < -0.4 is 5.73 Å². The molecule has 0 unspecified atom stereocenters. The van der Waals surface area contributed by atoms with Crippen molar-refractivity contribution in [1.82, 2.24) is 14.5 Å². The molecule has 7 heteroatoms. The van der Waals surface area contributed by atoms with Gasteiger partial charge in [-0.05, 0) is 12.8 Å². The SMILES string of the molecule is Nc1nc2cc(F)c(F)cc2n1CC(=O)N1CCCC1. The van der Waals surface area contributed by atoms with Crippen molar-refractivity contribution in [3.8, 4) is 0 Å². The number of anilines is 1. The number of nitrogens with zero attached hydrogens (tertiary/aromatic N) is 3. The second-order valence-electron chi connectivity index (χ2n) is 4.90. The van der Waals surface area contributed by atoms with E-state index in [1.54, 1.807) is 4.90 Å². The van der Waals surface area contributed by atoms with Gasteiger partial charge in [-0.2, -0.15) is 0 Å². The minimum Gasteiger partial charge on any atom is -0.369 e. The summed E-state index contributed by atoms with van der Waals surface area (Å²) in [6, 6.07) is 2.00. The third-order valence-corrected chi connectivity index (χ3v) is 3.57. The Kier molecular flexibility index (Phi) is 3.04. The van der Waals surface area contributed by atoms with E-state index in [0.29, 0.717) is 5.52 Å². The maximum atomic E-state index is 13.3. The molecule has 2 heterocycles. The van der Waals surface area contributed by atoms with Gasteiger partial charge in [0.15, 0.2) is 11.6 Å². The molecule has 0 atom stereocenters. The molecule has 0 spiro atoms. The first kappa shape index (κ1) is 12.8. The van der Waals surface area contributed by atoms with E-state index in [1.807, 2.05) is 0 Å². The summed E-state index contributed by atoms with van der Waals surface area (Å²) in [6.45, 7) is 1.45. The Balaban J connectivity index is 1.96. The number of likely N-dealkylation sites (tertiary alicyclic amines) is 1. The fraction of sp³-hybridized carbons (Fsp3) is 0.385.